The van der Waals surface area contributed by atoms with Crippen molar-refractivity contribution in [1.82, 2.24) is 10.9 Å². The normalized spacial score (nSPS) is 21.6. The quantitative estimate of drug-likeness (QED) is 0.674. The van der Waals surface area contributed by atoms with Crippen molar-refractivity contribution in [1.29, 1.82) is 0 Å². The molecule has 0 spiro atoms. The highest BCUT2D eigenvalue weighted by atomic mass is 19.1. The molecule has 13 heavy (non-hydrogen) atoms. The van der Waals surface area contributed by atoms with Gasteiger partial charge in [-0.3, -0.25) is 10.2 Å². The van der Waals surface area contributed by atoms with E-state index in [0.717, 1.165) is 5.56 Å². The van der Waals surface area contributed by atoms with Crippen LogP contribution in [0, 0.1) is 5.82 Å². The summed E-state index contributed by atoms with van der Waals surface area (Å²) in [5.74, 6) is -0.340. The van der Waals surface area contributed by atoms with E-state index in [1.165, 1.54) is 12.1 Å². The lowest BCUT2D eigenvalue weighted by Gasteiger charge is -2.07. The third-order valence-corrected chi connectivity index (χ3v) is 2.03. The SMILES string of the molecule is O=C1CC(c2cccc(F)c2)NN1. The molecule has 0 saturated carbocycles. The van der Waals surface area contributed by atoms with E-state index in [1.807, 2.05) is 0 Å². The minimum Gasteiger partial charge on any atom is -0.291 e. The third kappa shape index (κ3) is 1.67. The zero-order valence-corrected chi connectivity index (χ0v) is 6.88. The van der Waals surface area contributed by atoms with Crippen LogP contribution in [0.2, 0.25) is 0 Å². The Labute approximate surface area is 74.9 Å². The van der Waals surface area contributed by atoms with E-state index in [4.69, 9.17) is 0 Å². The fraction of sp³-hybridized carbons (Fsp3) is 0.222. The summed E-state index contributed by atoms with van der Waals surface area (Å²) in [7, 11) is 0. The predicted octanol–water partition coefficient (Wildman–Crippen LogP) is 0.891. The first kappa shape index (κ1) is 8.19. The third-order valence-electron chi connectivity index (χ3n) is 2.03. The van der Waals surface area contributed by atoms with Gasteiger partial charge in [0.1, 0.15) is 5.82 Å². The molecule has 2 rings (SSSR count). The van der Waals surface area contributed by atoms with E-state index in [-0.39, 0.29) is 17.8 Å². The number of carbonyl (C=O) groups excluding carboxylic acids is 1. The summed E-state index contributed by atoms with van der Waals surface area (Å²) in [5, 5.41) is 0. The highest BCUT2D eigenvalue weighted by Crippen LogP contribution is 2.19. The first-order valence-electron chi connectivity index (χ1n) is 4.05. The number of rotatable bonds is 1. The van der Waals surface area contributed by atoms with Crippen molar-refractivity contribution in [2.45, 2.75) is 12.5 Å². The van der Waals surface area contributed by atoms with E-state index in [2.05, 4.69) is 10.9 Å². The molecular weight excluding hydrogens is 171 g/mol. The van der Waals surface area contributed by atoms with E-state index in [1.54, 1.807) is 12.1 Å². The van der Waals surface area contributed by atoms with Gasteiger partial charge in [0.25, 0.3) is 0 Å². The zero-order valence-electron chi connectivity index (χ0n) is 6.88. The molecule has 1 aliphatic rings. The second kappa shape index (κ2) is 3.14. The van der Waals surface area contributed by atoms with Crippen LogP contribution in [0.1, 0.15) is 18.0 Å². The molecule has 3 nitrogen and oxygen atoms in total. The number of nitrogens with one attached hydrogen (secondary N) is 2. The van der Waals surface area contributed by atoms with Crippen LogP contribution in [0.25, 0.3) is 0 Å². The molecule has 1 fully saturated rings. The molecule has 1 atom stereocenters. The summed E-state index contributed by atoms with van der Waals surface area (Å²) < 4.78 is 12.8. The maximum Gasteiger partial charge on any atom is 0.236 e. The molecule has 0 aromatic heterocycles. The molecule has 1 aromatic rings. The van der Waals surface area contributed by atoms with Crippen molar-refractivity contribution in [3.8, 4) is 0 Å². The van der Waals surface area contributed by atoms with E-state index in [0.29, 0.717) is 6.42 Å². The lowest BCUT2D eigenvalue weighted by Crippen LogP contribution is -2.27. The summed E-state index contributed by atoms with van der Waals surface area (Å²) in [6.07, 6.45) is 0.365. The Morgan fingerprint density at radius 1 is 1.46 bits per heavy atom. The minimum atomic E-state index is -0.279. The average molecular weight is 180 g/mol. The van der Waals surface area contributed by atoms with Crippen molar-refractivity contribution in [2.24, 2.45) is 0 Å². The Hall–Kier alpha value is -1.42. The number of benzene rings is 1. The molecule has 1 saturated heterocycles. The highest BCUT2D eigenvalue weighted by Gasteiger charge is 2.22. The van der Waals surface area contributed by atoms with Crippen LogP contribution in [-0.4, -0.2) is 5.91 Å². The topological polar surface area (TPSA) is 41.1 Å². The van der Waals surface area contributed by atoms with Gasteiger partial charge < -0.3 is 0 Å². The predicted molar refractivity (Wildman–Crippen MR) is 45.0 cm³/mol. The van der Waals surface area contributed by atoms with Crippen molar-refractivity contribution in [3.63, 3.8) is 0 Å². The Morgan fingerprint density at radius 2 is 2.31 bits per heavy atom. The van der Waals surface area contributed by atoms with Crippen molar-refractivity contribution >= 4 is 5.91 Å². The van der Waals surface area contributed by atoms with Gasteiger partial charge in [0.15, 0.2) is 0 Å². The molecule has 1 aliphatic heterocycles. The van der Waals surface area contributed by atoms with E-state index < -0.39 is 0 Å². The second-order valence-electron chi connectivity index (χ2n) is 3.00. The molecule has 0 aliphatic carbocycles. The highest BCUT2D eigenvalue weighted by molar-refractivity contribution is 5.78. The van der Waals surface area contributed by atoms with Crippen LogP contribution in [0.4, 0.5) is 4.39 Å². The van der Waals surface area contributed by atoms with Crippen LogP contribution in [-0.2, 0) is 4.79 Å². The summed E-state index contributed by atoms with van der Waals surface area (Å²) in [6, 6.07) is 6.13. The molecule has 68 valence electrons. The number of amides is 1. The Balaban J connectivity index is 2.21. The van der Waals surface area contributed by atoms with Gasteiger partial charge in [-0.05, 0) is 17.7 Å². The van der Waals surface area contributed by atoms with Crippen molar-refractivity contribution in [3.05, 3.63) is 35.6 Å². The minimum absolute atomic E-state index is 0.0609. The number of hydrogen-bond acceptors (Lipinski definition) is 2. The van der Waals surface area contributed by atoms with Gasteiger partial charge in [0.2, 0.25) is 5.91 Å². The standard InChI is InChI=1S/C9H9FN2O/c10-7-3-1-2-6(4-7)8-5-9(13)12-11-8/h1-4,8,11H,5H2,(H,12,13). The Morgan fingerprint density at radius 3 is 2.92 bits per heavy atom. The van der Waals surface area contributed by atoms with E-state index in [9.17, 15) is 9.18 Å². The second-order valence-corrected chi connectivity index (χ2v) is 3.00. The van der Waals surface area contributed by atoms with Gasteiger partial charge in [-0.1, -0.05) is 12.1 Å². The van der Waals surface area contributed by atoms with Gasteiger partial charge in [0.05, 0.1) is 6.04 Å². The largest absolute Gasteiger partial charge is 0.291 e. The summed E-state index contributed by atoms with van der Waals surface area (Å²) >= 11 is 0. The summed E-state index contributed by atoms with van der Waals surface area (Å²) in [4.78, 5) is 10.8. The lowest BCUT2D eigenvalue weighted by atomic mass is 10.1. The molecule has 2 N–H and O–H groups in total. The van der Waals surface area contributed by atoms with Gasteiger partial charge in [-0.25, -0.2) is 9.82 Å². The molecule has 4 heteroatoms. The number of halogens is 1. The molecule has 0 bridgehead atoms. The summed E-state index contributed by atoms with van der Waals surface area (Å²) in [5.41, 5.74) is 6.05. The Bertz CT molecular complexity index is 340. The maximum atomic E-state index is 12.8. The van der Waals surface area contributed by atoms with Gasteiger partial charge >= 0.3 is 0 Å². The van der Waals surface area contributed by atoms with E-state index >= 15 is 0 Å². The Kier molecular flexibility index (Phi) is 1.98. The van der Waals surface area contributed by atoms with Gasteiger partial charge in [-0.15, -0.1) is 0 Å². The smallest absolute Gasteiger partial charge is 0.236 e. The first-order valence-corrected chi connectivity index (χ1v) is 4.05. The number of hydrazine groups is 1. The van der Waals surface area contributed by atoms with Crippen LogP contribution >= 0.6 is 0 Å². The monoisotopic (exact) mass is 180 g/mol. The van der Waals surface area contributed by atoms with Gasteiger partial charge in [-0.2, -0.15) is 0 Å². The maximum absolute atomic E-state index is 12.8. The first-order chi connectivity index (χ1) is 6.25. The van der Waals surface area contributed by atoms with Crippen molar-refractivity contribution in [2.75, 3.05) is 0 Å². The molecule has 1 aromatic carbocycles. The fourth-order valence-electron chi connectivity index (χ4n) is 1.38. The fourth-order valence-corrected chi connectivity index (χ4v) is 1.38. The van der Waals surface area contributed by atoms with Gasteiger partial charge in [0, 0.05) is 6.42 Å². The molecule has 1 amide bonds. The van der Waals surface area contributed by atoms with Crippen LogP contribution in [0.3, 0.4) is 0 Å². The molecule has 1 unspecified atom stereocenters. The molecular formula is C9H9FN2O. The molecule has 1 heterocycles. The summed E-state index contributed by atoms with van der Waals surface area (Å²) in [6.45, 7) is 0. The van der Waals surface area contributed by atoms with Crippen LogP contribution < -0.4 is 10.9 Å². The zero-order chi connectivity index (χ0) is 9.26. The lowest BCUT2D eigenvalue weighted by molar-refractivity contribution is -0.119. The number of carbonyl (C=O) groups is 1. The van der Waals surface area contributed by atoms with Crippen LogP contribution in [0.15, 0.2) is 24.3 Å². The number of hydrogen-bond donors (Lipinski definition) is 2. The van der Waals surface area contributed by atoms with Crippen molar-refractivity contribution < 1.29 is 9.18 Å². The average Bonchev–Trinajstić information content (AvgIpc) is 2.52. The van der Waals surface area contributed by atoms with Crippen LogP contribution in [0.5, 0.6) is 0 Å². The molecule has 0 radical (unpaired) electrons.